The van der Waals surface area contributed by atoms with Gasteiger partial charge in [-0.15, -0.1) is 11.3 Å². The molecular weight excluding hydrogens is 606 g/mol. The van der Waals surface area contributed by atoms with Crippen LogP contribution < -0.4 is 0 Å². The zero-order valence-electron chi connectivity index (χ0n) is 19.8. The predicted molar refractivity (Wildman–Crippen MR) is 136 cm³/mol. The summed E-state index contributed by atoms with van der Waals surface area (Å²) in [5, 5.41) is 14.4. The second kappa shape index (κ2) is 11.8. The number of rotatable bonds is 8. The van der Waals surface area contributed by atoms with Crippen LogP contribution in [0.15, 0.2) is 24.0 Å². The zero-order chi connectivity index (χ0) is 28.5. The Balaban J connectivity index is 1.69. The normalized spacial score (nSPS) is 17.7. The van der Waals surface area contributed by atoms with Crippen molar-refractivity contribution in [1.82, 2.24) is 24.6 Å². The van der Waals surface area contributed by atoms with Crippen molar-refractivity contribution in [3.8, 4) is 0 Å². The number of thiazole rings is 1. The van der Waals surface area contributed by atoms with Crippen molar-refractivity contribution >= 4 is 63.8 Å². The van der Waals surface area contributed by atoms with Crippen molar-refractivity contribution in [2.45, 2.75) is 44.4 Å². The van der Waals surface area contributed by atoms with Crippen LogP contribution in [0.2, 0.25) is 14.5 Å². The van der Waals surface area contributed by atoms with Crippen LogP contribution in [-0.4, -0.2) is 54.0 Å². The number of carbonyl (C=O) groups is 3. The van der Waals surface area contributed by atoms with E-state index in [1.54, 1.807) is 0 Å². The first-order valence-corrected chi connectivity index (χ1v) is 13.5. The van der Waals surface area contributed by atoms with Crippen LogP contribution in [0.1, 0.15) is 63.8 Å². The van der Waals surface area contributed by atoms with Crippen molar-refractivity contribution in [2.75, 3.05) is 6.54 Å². The molecule has 1 N–H and O–H groups in total. The first kappa shape index (κ1) is 29.2. The van der Waals surface area contributed by atoms with E-state index in [-0.39, 0.29) is 58.0 Å². The largest absolute Gasteiger partial charge is 0.481 e. The van der Waals surface area contributed by atoms with E-state index in [0.717, 1.165) is 27.1 Å². The zero-order valence-corrected chi connectivity index (χ0v) is 22.9. The van der Waals surface area contributed by atoms with Crippen LogP contribution in [0, 0.1) is 5.92 Å². The number of nitrogens with zero attached hydrogens (tertiary/aromatic N) is 5. The van der Waals surface area contributed by atoms with Crippen LogP contribution in [-0.2, 0) is 17.5 Å². The number of carbonyl (C=O) groups excluding carboxylic acids is 2. The van der Waals surface area contributed by atoms with Gasteiger partial charge in [-0.25, -0.2) is 4.98 Å². The van der Waals surface area contributed by atoms with Crippen molar-refractivity contribution in [2.24, 2.45) is 5.92 Å². The number of Topliss-reactive ketones (excluding diaryl/α,β-unsaturated/α-hetero) is 1. The molecule has 16 heteroatoms. The molecule has 0 unspecified atom stereocenters. The molecule has 39 heavy (non-hydrogen) atoms. The number of hydrogen-bond acceptors (Lipinski definition) is 7. The van der Waals surface area contributed by atoms with Gasteiger partial charge in [0.25, 0.3) is 5.91 Å². The van der Waals surface area contributed by atoms with Gasteiger partial charge in [0.1, 0.15) is 0 Å². The molecular formula is C23H19Cl3F3N5O4S. The number of hydrogen-bond donors (Lipinski definition) is 1. The first-order chi connectivity index (χ1) is 18.4. The smallest absolute Gasteiger partial charge is 0.433 e. The number of ketones is 1. The molecule has 3 aromatic rings. The number of aliphatic carboxylic acids is 1. The maximum Gasteiger partial charge on any atom is 0.433 e. The Morgan fingerprint density at radius 1 is 1.08 bits per heavy atom. The van der Waals surface area contributed by atoms with E-state index in [9.17, 15) is 32.7 Å². The lowest BCUT2D eigenvalue weighted by molar-refractivity contribution is -0.147. The third-order valence-corrected chi connectivity index (χ3v) is 7.92. The number of carboxylic acid groups (broad SMARTS) is 1. The maximum atomic E-state index is 14.3. The highest BCUT2D eigenvalue weighted by Crippen LogP contribution is 2.39. The van der Waals surface area contributed by atoms with Gasteiger partial charge in [0, 0.05) is 17.8 Å². The summed E-state index contributed by atoms with van der Waals surface area (Å²) in [5.41, 5.74) is -1.92. The molecule has 0 aromatic carbocycles. The average molecular weight is 625 g/mol. The Hall–Kier alpha value is -2.74. The summed E-state index contributed by atoms with van der Waals surface area (Å²) < 4.78 is 43.9. The van der Waals surface area contributed by atoms with E-state index >= 15 is 0 Å². The fourth-order valence-corrected chi connectivity index (χ4v) is 5.84. The molecule has 208 valence electrons. The van der Waals surface area contributed by atoms with Crippen LogP contribution in [0.5, 0.6) is 0 Å². The highest BCUT2D eigenvalue weighted by atomic mass is 35.5. The van der Waals surface area contributed by atoms with Crippen LogP contribution in [0.4, 0.5) is 13.2 Å². The molecule has 1 aliphatic rings. The van der Waals surface area contributed by atoms with Gasteiger partial charge in [-0.3, -0.25) is 24.0 Å². The maximum absolute atomic E-state index is 14.3. The summed E-state index contributed by atoms with van der Waals surface area (Å²) in [7, 11) is 0. The lowest BCUT2D eigenvalue weighted by Gasteiger charge is -2.28. The van der Waals surface area contributed by atoms with Gasteiger partial charge in [-0.2, -0.15) is 18.3 Å². The second-order valence-electron chi connectivity index (χ2n) is 8.85. The standard InChI is InChI=1S/C23H19Cl3F3N5O4S/c24-15-6-30-7-16(25)18(15)17(35)9-33(8-12-10-39-22(26)32-12)20(36)14-5-31-34(19(14)23(27,28)29)13-3-1-11(2-4-13)21(37)38/h5-7,10-11,13H,1-4,8-9H2,(H,37,38)/t11-,13-. The minimum atomic E-state index is -4.97. The lowest BCUT2D eigenvalue weighted by Crippen LogP contribution is -2.37. The van der Waals surface area contributed by atoms with Crippen LogP contribution in [0.3, 0.4) is 0 Å². The van der Waals surface area contributed by atoms with E-state index in [0.29, 0.717) is 0 Å². The van der Waals surface area contributed by atoms with Crippen molar-refractivity contribution < 1.29 is 32.7 Å². The lowest BCUT2D eigenvalue weighted by atomic mass is 9.86. The molecule has 4 rings (SSSR count). The molecule has 3 heterocycles. The monoisotopic (exact) mass is 623 g/mol. The molecule has 3 aromatic heterocycles. The molecule has 9 nitrogen and oxygen atoms in total. The Morgan fingerprint density at radius 2 is 1.72 bits per heavy atom. The summed E-state index contributed by atoms with van der Waals surface area (Å²) in [4.78, 5) is 46.7. The summed E-state index contributed by atoms with van der Waals surface area (Å²) >= 11 is 19.1. The molecule has 0 bridgehead atoms. The summed E-state index contributed by atoms with van der Waals surface area (Å²) in [6.45, 7) is -1.01. The topological polar surface area (TPSA) is 118 Å². The number of amides is 1. The molecule has 0 aliphatic heterocycles. The first-order valence-electron chi connectivity index (χ1n) is 11.5. The second-order valence-corrected chi connectivity index (χ2v) is 11.1. The highest BCUT2D eigenvalue weighted by molar-refractivity contribution is 7.13. The molecule has 1 aliphatic carbocycles. The Labute approximate surface area is 238 Å². The number of halogens is 6. The van der Waals surface area contributed by atoms with Crippen LogP contribution in [0.25, 0.3) is 0 Å². The fraction of sp³-hybridized carbons (Fsp3) is 0.391. The Morgan fingerprint density at radius 3 is 2.26 bits per heavy atom. The van der Waals surface area contributed by atoms with Gasteiger partial charge in [0.2, 0.25) is 0 Å². The summed E-state index contributed by atoms with van der Waals surface area (Å²) in [6, 6.07) is -0.749. The van der Waals surface area contributed by atoms with Gasteiger partial charge in [-0.1, -0.05) is 34.8 Å². The van der Waals surface area contributed by atoms with E-state index < -0.39 is 53.6 Å². The van der Waals surface area contributed by atoms with Crippen molar-refractivity contribution in [1.29, 1.82) is 0 Å². The SMILES string of the molecule is O=C(CN(Cc1csc(Cl)n1)C(=O)c1cnn([C@H]2CC[C@H](C(=O)O)CC2)c1C(F)(F)F)c1c(Cl)cncc1Cl. The van der Waals surface area contributed by atoms with Gasteiger partial charge in [0.05, 0.1) is 58.1 Å². The quantitative estimate of drug-likeness (QED) is 0.303. The molecule has 1 fully saturated rings. The molecule has 0 radical (unpaired) electrons. The third-order valence-electron chi connectivity index (χ3n) is 6.32. The Kier molecular flexibility index (Phi) is 8.84. The van der Waals surface area contributed by atoms with Crippen molar-refractivity contribution in [3.05, 3.63) is 61.0 Å². The highest BCUT2D eigenvalue weighted by Gasteiger charge is 2.43. The Bertz CT molecular complexity index is 1390. The van der Waals surface area contributed by atoms with E-state index in [2.05, 4.69) is 15.1 Å². The number of alkyl halides is 3. The third kappa shape index (κ3) is 6.53. The van der Waals surface area contributed by atoms with Gasteiger partial charge >= 0.3 is 12.1 Å². The van der Waals surface area contributed by atoms with Crippen LogP contribution >= 0.6 is 46.1 Å². The van der Waals surface area contributed by atoms with Gasteiger partial charge < -0.3 is 10.0 Å². The number of aromatic nitrogens is 4. The molecule has 0 spiro atoms. The van der Waals surface area contributed by atoms with Crippen molar-refractivity contribution in [3.63, 3.8) is 0 Å². The van der Waals surface area contributed by atoms with E-state index in [1.807, 2.05) is 0 Å². The fourth-order valence-electron chi connectivity index (χ4n) is 4.50. The molecule has 0 saturated heterocycles. The summed E-state index contributed by atoms with van der Waals surface area (Å²) in [6.07, 6.45) is -1.15. The number of pyridine rings is 1. The minimum Gasteiger partial charge on any atom is -0.481 e. The minimum absolute atomic E-state index is 0.0858. The molecule has 0 atom stereocenters. The van der Waals surface area contributed by atoms with E-state index in [4.69, 9.17) is 34.8 Å². The molecule has 1 amide bonds. The number of carboxylic acids is 1. The predicted octanol–water partition coefficient (Wildman–Crippen LogP) is 6.05. The van der Waals surface area contributed by atoms with Gasteiger partial charge in [0.15, 0.2) is 15.9 Å². The summed E-state index contributed by atoms with van der Waals surface area (Å²) in [5.74, 6) is -3.50. The van der Waals surface area contributed by atoms with Gasteiger partial charge in [-0.05, 0) is 25.7 Å². The average Bonchev–Trinajstić information content (AvgIpc) is 3.49. The van der Waals surface area contributed by atoms with E-state index in [1.165, 1.54) is 17.8 Å². The molecule has 1 saturated carbocycles.